The van der Waals surface area contributed by atoms with Crippen molar-refractivity contribution in [1.29, 1.82) is 0 Å². The largest absolute Gasteiger partial charge is 0.481 e. The Morgan fingerprint density at radius 2 is 1.01 bits per heavy atom. The van der Waals surface area contributed by atoms with E-state index >= 15 is 4.11 Å². The van der Waals surface area contributed by atoms with E-state index in [0.717, 1.165) is 0 Å². The number of aromatic nitrogens is 3. The molecule has 1 saturated heterocycles. The Morgan fingerprint density at radius 1 is 0.551 bits per heavy atom. The molecule has 0 bridgehead atoms. The summed E-state index contributed by atoms with van der Waals surface area (Å²) in [5.74, 6) is -13.2. The second kappa shape index (κ2) is 47.4. The fourth-order valence-electron chi connectivity index (χ4n) is 13.0. The number of nitrogens with zero attached hydrogens (tertiary/aromatic N) is 6. The van der Waals surface area contributed by atoms with Gasteiger partial charge in [-0.3, -0.25) is 81.4 Å². The van der Waals surface area contributed by atoms with Crippen molar-refractivity contribution in [2.45, 2.75) is 212 Å². The van der Waals surface area contributed by atoms with E-state index in [2.05, 4.69) is 20.9 Å². The van der Waals surface area contributed by atoms with Gasteiger partial charge in [-0.25, -0.2) is 4.68 Å². The van der Waals surface area contributed by atoms with Gasteiger partial charge in [0.25, 0.3) is 14.3 Å². The number of unbranched alkanes of at least 4 members (excludes halogenated alkanes) is 6. The van der Waals surface area contributed by atoms with Crippen LogP contribution in [0.3, 0.4) is 0 Å². The first-order chi connectivity index (χ1) is 49.5. The number of ketones is 4. The van der Waals surface area contributed by atoms with Gasteiger partial charge in [0.15, 0.2) is 18.2 Å². The number of aryl methyl sites for hydroxylation is 1. The molecule has 0 spiro atoms. The smallest absolute Gasteiger partial charge is 0.354 e. The second-order valence-electron chi connectivity index (χ2n) is 29.9. The normalized spacial score (nSPS) is 16.0. The molecule has 7 atom stereocenters. The molecule has 3 rings (SSSR count). The summed E-state index contributed by atoms with van der Waals surface area (Å²) >= 11 is 0. The van der Waals surface area contributed by atoms with Crippen molar-refractivity contribution in [2.24, 2.45) is 17.8 Å². The van der Waals surface area contributed by atoms with E-state index in [-0.39, 0.29) is 170 Å². The number of nitrogens with one attached hydrogen (secondary N) is 2. The van der Waals surface area contributed by atoms with Gasteiger partial charge >= 0.3 is 43.6 Å². The summed E-state index contributed by atoms with van der Waals surface area (Å²) in [6, 6.07) is 4.92. The highest BCUT2D eigenvalue weighted by molar-refractivity contribution is 7.58. The number of hydrogen-bond acceptors (Lipinski definition) is 20. The van der Waals surface area contributed by atoms with Crippen LogP contribution in [0, 0.1) is 17.8 Å². The molecule has 1 aromatic heterocycles. The van der Waals surface area contributed by atoms with E-state index in [1.54, 1.807) is 26.8 Å². The first kappa shape index (κ1) is 96.3. The average Bonchev–Trinajstić information content (AvgIpc) is 1.27. The molecule has 1 aliphatic heterocycles. The van der Waals surface area contributed by atoms with Gasteiger partial charge in [0.1, 0.15) is 23.4 Å². The van der Waals surface area contributed by atoms with Gasteiger partial charge in [-0.1, -0.05) is 95.6 Å². The monoisotopic (exact) mass is 1590 g/mol. The van der Waals surface area contributed by atoms with Gasteiger partial charge in [0.05, 0.1) is 48.9 Å². The standard InChI is InChI=1S/C70H112FN8O23P3Si.H2O/c1-69(2,3)106(71,70(4,5)6)58-26-21-50(22-27-58)65(91)73-45-59(79-46-54(74-75-79)24-25-56(81)30-40-104(99,100)48-77-35-33-76(47-103(98)39-29-63(87)88)34-36-78(38-37-77)49-105(101,102)41-31-64(89)90)60(83)44-52(67(94)95)16-10-9-12-19-55(80)18-11-7-8-13-20-61(84)72-32-15-14-17-51(66(92)93)42-57(82)43-53(68(96)97)23-28-62(85)86;/h21-22,26-27,46,51-53,59H,7-20,23-25,28-45,47-49H2,1-6H3,(H9-,72,73,84,85,86,87,88,89,90,91,92,93,94,95,96,97,99,100,101,102);1H2/p+1/t51-,52?,53-,59?;/m1./s1. The summed E-state index contributed by atoms with van der Waals surface area (Å²) in [6.07, 6.45) is 1.98. The van der Waals surface area contributed by atoms with Gasteiger partial charge in [-0.15, -0.1) is 5.10 Å². The Morgan fingerprint density at radius 3 is 1.51 bits per heavy atom. The molecule has 0 radical (unpaired) electrons. The molecule has 1 fully saturated rings. The molecule has 12 N–H and O–H groups in total. The molecule has 37 heteroatoms. The Bertz CT molecular complexity index is 3390. The Balaban J connectivity index is 0.0000389. The van der Waals surface area contributed by atoms with Crippen LogP contribution in [0.15, 0.2) is 30.5 Å². The third kappa shape index (κ3) is 37.5. The number of aliphatic carboxylic acids is 6. The molecular formula is C70H115FN8O24P3Si+. The zero-order chi connectivity index (χ0) is 79.6. The first-order valence-electron chi connectivity index (χ1n) is 36.4. The van der Waals surface area contributed by atoms with Crippen LogP contribution in [0.1, 0.15) is 211 Å². The van der Waals surface area contributed by atoms with Gasteiger partial charge in [-0.2, -0.15) is 0 Å². The lowest BCUT2D eigenvalue weighted by Gasteiger charge is -2.44. The van der Waals surface area contributed by atoms with Crippen LogP contribution in [-0.4, -0.2) is 244 Å². The lowest BCUT2D eigenvalue weighted by atomic mass is 9.90. The molecule has 604 valence electrons. The van der Waals surface area contributed by atoms with E-state index in [9.17, 15) is 96.3 Å². The van der Waals surface area contributed by atoms with Crippen molar-refractivity contribution in [3.63, 3.8) is 0 Å². The summed E-state index contributed by atoms with van der Waals surface area (Å²) in [5, 5.41) is 69.3. The number of hydrogen-bond donors (Lipinski definition) is 10. The number of carboxylic acid groups (broad SMARTS) is 6. The minimum Gasteiger partial charge on any atom is -0.481 e. The molecule has 0 saturated carbocycles. The molecular weight excluding hydrogens is 1480 g/mol. The average molecular weight is 1590 g/mol. The van der Waals surface area contributed by atoms with E-state index in [1.165, 1.54) is 23.0 Å². The van der Waals surface area contributed by atoms with Crippen molar-refractivity contribution in [1.82, 2.24) is 40.3 Å². The van der Waals surface area contributed by atoms with Crippen LogP contribution in [0.2, 0.25) is 10.1 Å². The van der Waals surface area contributed by atoms with Crippen molar-refractivity contribution in [2.75, 3.05) is 89.7 Å². The van der Waals surface area contributed by atoms with Crippen LogP contribution in [0.5, 0.6) is 0 Å². The number of amides is 2. The van der Waals surface area contributed by atoms with E-state index in [4.69, 9.17) is 15.3 Å². The number of carbonyl (C=O) groups is 12. The van der Waals surface area contributed by atoms with Gasteiger partial charge in [0, 0.05) is 134 Å². The molecule has 2 heterocycles. The summed E-state index contributed by atoms with van der Waals surface area (Å²) in [7, 11) is -13.7. The quantitative estimate of drug-likeness (QED) is 0.0132. The molecule has 32 nitrogen and oxygen atoms in total. The second-order valence-corrected chi connectivity index (χ2v) is 41.3. The summed E-state index contributed by atoms with van der Waals surface area (Å²) in [4.78, 5) is 175. The summed E-state index contributed by atoms with van der Waals surface area (Å²) in [5.41, 5.74) is 0.395. The lowest BCUT2D eigenvalue weighted by Crippen LogP contribution is -2.57. The van der Waals surface area contributed by atoms with E-state index in [1.807, 2.05) is 41.5 Å². The fraction of sp³-hybridized carbons (Fsp3) is 0.714. The van der Waals surface area contributed by atoms with Crippen LogP contribution < -0.4 is 15.8 Å². The first-order valence-corrected chi connectivity index (χ1v) is 44.0. The number of rotatable bonds is 54. The van der Waals surface area contributed by atoms with Gasteiger partial charge < -0.3 is 60.6 Å². The van der Waals surface area contributed by atoms with Gasteiger partial charge in [-0.05, 0) is 78.8 Å². The van der Waals surface area contributed by atoms with Crippen LogP contribution in [-0.2, 0) is 72.9 Å². The van der Waals surface area contributed by atoms with Crippen LogP contribution >= 0.6 is 22.5 Å². The van der Waals surface area contributed by atoms with Crippen molar-refractivity contribution in [3.8, 4) is 0 Å². The fourth-order valence-corrected chi connectivity index (χ4v) is 22.1. The van der Waals surface area contributed by atoms with Crippen molar-refractivity contribution in [3.05, 3.63) is 41.7 Å². The SMILES string of the molecule is CC(C)(C)[Si](F)(c1ccc(C(=O)NCC(C(=O)CC(CCCCCC(=O)CCCCCCC(=O)NCCCC[C@H](CC(=O)C[C@@H](CCC(=O)O)C(=O)O)C(=O)O)C(=O)O)n2cc(CCC(=O)CCP(=O)(O)CN3CCN(C[P+](=O)CCC(=O)O)CCN(CP(=O)(O)CCC(=O)O)CC3)nn2)cc1)C(C)(C)C.O. The third-order valence-electron chi connectivity index (χ3n) is 18.9. The summed E-state index contributed by atoms with van der Waals surface area (Å²) < 4.78 is 58.0. The number of benzene rings is 1. The summed E-state index contributed by atoms with van der Waals surface area (Å²) in [6.45, 7) is 12.2. The van der Waals surface area contributed by atoms with Crippen LogP contribution in [0.25, 0.3) is 0 Å². The predicted octanol–water partition coefficient (Wildman–Crippen LogP) is 7.57. The minimum absolute atomic E-state index is 0. The van der Waals surface area contributed by atoms with E-state index < -0.39 is 162 Å². The maximum Gasteiger partial charge on any atom is 0.354 e. The highest BCUT2D eigenvalue weighted by atomic mass is 31.2. The number of carbonyl (C=O) groups excluding carboxylic acids is 6. The van der Waals surface area contributed by atoms with Crippen molar-refractivity contribution < 1.29 is 121 Å². The van der Waals surface area contributed by atoms with E-state index in [0.29, 0.717) is 69.4 Å². The zero-order valence-electron chi connectivity index (χ0n) is 62.7. The Hall–Kier alpha value is -6.73. The number of Topliss-reactive ketones (excluding diaryl/α,β-unsaturated/α-hetero) is 4. The lowest BCUT2D eigenvalue weighted by molar-refractivity contribution is -0.146. The molecule has 107 heavy (non-hydrogen) atoms. The van der Waals surface area contributed by atoms with Crippen LogP contribution in [0.4, 0.5) is 4.11 Å². The third-order valence-corrected chi connectivity index (χ3v) is 29.2. The maximum atomic E-state index is 17.2. The molecule has 2 amide bonds. The van der Waals surface area contributed by atoms with Crippen molar-refractivity contribution >= 4 is 107 Å². The predicted molar refractivity (Wildman–Crippen MR) is 398 cm³/mol. The minimum atomic E-state index is -4.08. The Kier molecular flexibility index (Phi) is 42.6. The number of halogens is 1. The highest BCUT2D eigenvalue weighted by Gasteiger charge is 2.56. The molecule has 0 aliphatic carbocycles. The zero-order valence-corrected chi connectivity index (χ0v) is 66.4. The maximum absolute atomic E-state index is 17.2. The highest BCUT2D eigenvalue weighted by Crippen LogP contribution is 2.51. The molecule has 5 unspecified atom stereocenters. The molecule has 1 aromatic carbocycles. The topological polar surface area (TPSA) is 514 Å². The Labute approximate surface area is 626 Å². The molecule has 2 aromatic rings. The van der Waals surface area contributed by atoms with Gasteiger partial charge in [0.2, 0.25) is 20.6 Å². The molecule has 1 aliphatic rings. The number of carboxylic acids is 6.